The number of rotatable bonds is 5. The maximum Gasteiger partial charge on any atom is 0.322 e. The first-order chi connectivity index (χ1) is 7.50. The van der Waals surface area contributed by atoms with Gasteiger partial charge >= 0.3 is 5.97 Å². The number of carboxylic acid groups (broad SMARTS) is 1. The molecule has 0 aromatic carbocycles. The fourth-order valence-corrected chi connectivity index (χ4v) is 2.56. The molecule has 1 aliphatic carbocycles. The van der Waals surface area contributed by atoms with Crippen molar-refractivity contribution in [2.45, 2.75) is 23.8 Å². The van der Waals surface area contributed by atoms with Gasteiger partial charge < -0.3 is 5.11 Å². The normalized spacial score (nSPS) is 18.2. The molecule has 0 aliphatic heterocycles. The third-order valence-corrected chi connectivity index (χ3v) is 3.83. The van der Waals surface area contributed by atoms with Crippen molar-refractivity contribution >= 4 is 16.0 Å². The van der Waals surface area contributed by atoms with E-state index >= 15 is 0 Å². The van der Waals surface area contributed by atoms with Gasteiger partial charge in [0.05, 0.1) is 6.20 Å². The first-order valence-electron chi connectivity index (χ1n) is 4.74. The molecule has 0 saturated heterocycles. The molecule has 1 aliphatic rings. The van der Waals surface area contributed by atoms with Crippen molar-refractivity contribution in [2.24, 2.45) is 5.92 Å². The molecule has 1 atom stereocenters. The van der Waals surface area contributed by atoms with Crippen LogP contribution in [0.25, 0.3) is 0 Å². The summed E-state index contributed by atoms with van der Waals surface area (Å²) in [6, 6.07) is -1.04. The van der Waals surface area contributed by atoms with Gasteiger partial charge in [0.1, 0.15) is 10.9 Å². The first-order valence-corrected chi connectivity index (χ1v) is 6.23. The Kier molecular flexibility index (Phi) is 2.68. The smallest absolute Gasteiger partial charge is 0.322 e. The molecule has 0 amide bonds. The fraction of sp³-hybridized carbons (Fsp3) is 0.500. The summed E-state index contributed by atoms with van der Waals surface area (Å²) in [5, 5.41) is 14.8. The molecule has 1 unspecified atom stereocenters. The average Bonchev–Trinajstić information content (AvgIpc) is 2.87. The van der Waals surface area contributed by atoms with Crippen molar-refractivity contribution in [2.75, 3.05) is 0 Å². The SMILES string of the molecule is O=C(O)C(NS(=O)(=O)c1cn[nH]c1)C1CC1. The van der Waals surface area contributed by atoms with E-state index in [0.717, 1.165) is 19.0 Å². The highest BCUT2D eigenvalue weighted by atomic mass is 32.2. The third kappa shape index (κ3) is 2.22. The molecule has 0 bridgehead atoms. The summed E-state index contributed by atoms with van der Waals surface area (Å²) >= 11 is 0. The largest absolute Gasteiger partial charge is 0.480 e. The molecule has 7 nitrogen and oxygen atoms in total. The summed E-state index contributed by atoms with van der Waals surface area (Å²) in [4.78, 5) is 10.8. The third-order valence-electron chi connectivity index (χ3n) is 2.43. The molecule has 16 heavy (non-hydrogen) atoms. The molecule has 1 aromatic heterocycles. The Morgan fingerprint density at radius 1 is 1.62 bits per heavy atom. The number of nitrogens with one attached hydrogen (secondary N) is 2. The van der Waals surface area contributed by atoms with Crippen molar-refractivity contribution in [3.63, 3.8) is 0 Å². The van der Waals surface area contributed by atoms with Gasteiger partial charge in [-0.25, -0.2) is 8.42 Å². The topological polar surface area (TPSA) is 112 Å². The van der Waals surface area contributed by atoms with E-state index in [1.165, 1.54) is 6.20 Å². The van der Waals surface area contributed by atoms with E-state index in [2.05, 4.69) is 14.9 Å². The van der Waals surface area contributed by atoms with E-state index in [1.54, 1.807) is 0 Å². The Hall–Kier alpha value is -1.41. The number of sulfonamides is 1. The summed E-state index contributed by atoms with van der Waals surface area (Å²) in [7, 11) is -3.79. The van der Waals surface area contributed by atoms with Gasteiger partial charge in [-0.05, 0) is 18.8 Å². The quantitative estimate of drug-likeness (QED) is 0.650. The lowest BCUT2D eigenvalue weighted by Crippen LogP contribution is -2.42. The van der Waals surface area contributed by atoms with Gasteiger partial charge in [-0.3, -0.25) is 9.89 Å². The number of hydrogen-bond acceptors (Lipinski definition) is 4. The van der Waals surface area contributed by atoms with Crippen LogP contribution in [0.4, 0.5) is 0 Å². The number of aromatic amines is 1. The van der Waals surface area contributed by atoms with Crippen molar-refractivity contribution in [1.82, 2.24) is 14.9 Å². The predicted octanol–water partition coefficient (Wildman–Crippen LogP) is -0.449. The van der Waals surface area contributed by atoms with E-state index in [9.17, 15) is 13.2 Å². The summed E-state index contributed by atoms with van der Waals surface area (Å²) < 4.78 is 25.6. The van der Waals surface area contributed by atoms with Crippen LogP contribution >= 0.6 is 0 Å². The predicted molar refractivity (Wildman–Crippen MR) is 53.1 cm³/mol. The van der Waals surface area contributed by atoms with Crippen LogP contribution in [-0.4, -0.2) is 35.7 Å². The summed E-state index contributed by atoms with van der Waals surface area (Å²) in [6.07, 6.45) is 3.82. The number of hydrogen-bond donors (Lipinski definition) is 3. The van der Waals surface area contributed by atoms with E-state index in [1.807, 2.05) is 0 Å². The highest BCUT2D eigenvalue weighted by molar-refractivity contribution is 7.89. The van der Waals surface area contributed by atoms with Gasteiger partial charge in [-0.15, -0.1) is 0 Å². The molecule has 2 rings (SSSR count). The molecule has 0 spiro atoms. The van der Waals surface area contributed by atoms with Crippen LogP contribution in [0, 0.1) is 5.92 Å². The minimum Gasteiger partial charge on any atom is -0.480 e. The van der Waals surface area contributed by atoms with Crippen molar-refractivity contribution in [3.05, 3.63) is 12.4 Å². The second-order valence-corrected chi connectivity index (χ2v) is 5.42. The van der Waals surface area contributed by atoms with Crippen molar-refractivity contribution in [3.8, 4) is 0 Å². The van der Waals surface area contributed by atoms with Gasteiger partial charge in [-0.1, -0.05) is 0 Å². The molecule has 1 fully saturated rings. The van der Waals surface area contributed by atoms with Crippen LogP contribution in [0.3, 0.4) is 0 Å². The highest BCUT2D eigenvalue weighted by Crippen LogP contribution is 2.33. The lowest BCUT2D eigenvalue weighted by molar-refractivity contribution is -0.139. The van der Waals surface area contributed by atoms with Gasteiger partial charge in [-0.2, -0.15) is 9.82 Å². The standard InChI is InChI=1S/C8H11N3O4S/c12-8(13)7(5-1-2-5)11-16(14,15)6-3-9-10-4-6/h3-5,7,11H,1-2H2,(H,9,10)(H,12,13). The molecule has 1 saturated carbocycles. The number of nitrogens with zero attached hydrogens (tertiary/aromatic N) is 1. The van der Waals surface area contributed by atoms with E-state index < -0.39 is 22.0 Å². The number of carboxylic acids is 1. The molecule has 88 valence electrons. The molecule has 3 N–H and O–H groups in total. The highest BCUT2D eigenvalue weighted by Gasteiger charge is 2.39. The maximum atomic E-state index is 11.7. The Morgan fingerprint density at radius 2 is 2.31 bits per heavy atom. The lowest BCUT2D eigenvalue weighted by atomic mass is 10.2. The van der Waals surface area contributed by atoms with Crippen LogP contribution < -0.4 is 4.72 Å². The van der Waals surface area contributed by atoms with Gasteiger partial charge in [0.25, 0.3) is 0 Å². The summed E-state index contributed by atoms with van der Waals surface area (Å²) in [6.45, 7) is 0. The molecule has 0 radical (unpaired) electrons. The maximum absolute atomic E-state index is 11.7. The Balaban J connectivity index is 2.16. The van der Waals surface area contributed by atoms with Crippen LogP contribution in [0.1, 0.15) is 12.8 Å². The number of aromatic nitrogens is 2. The van der Waals surface area contributed by atoms with Crippen molar-refractivity contribution < 1.29 is 18.3 Å². The van der Waals surface area contributed by atoms with Gasteiger partial charge in [0.2, 0.25) is 10.0 Å². The molecule has 1 aromatic rings. The zero-order valence-electron chi connectivity index (χ0n) is 8.25. The number of aliphatic carboxylic acids is 1. The van der Waals surface area contributed by atoms with Crippen LogP contribution in [0.15, 0.2) is 17.3 Å². The van der Waals surface area contributed by atoms with Crippen LogP contribution in [0.5, 0.6) is 0 Å². The molecule has 8 heteroatoms. The van der Waals surface area contributed by atoms with Gasteiger partial charge in [0.15, 0.2) is 0 Å². The second kappa shape index (κ2) is 3.87. The Morgan fingerprint density at radius 3 is 2.75 bits per heavy atom. The van der Waals surface area contributed by atoms with Crippen LogP contribution in [-0.2, 0) is 14.8 Å². The second-order valence-electron chi connectivity index (χ2n) is 3.71. The lowest BCUT2D eigenvalue weighted by Gasteiger charge is -2.12. The Bertz CT molecular complexity index is 477. The molecular weight excluding hydrogens is 234 g/mol. The van der Waals surface area contributed by atoms with Crippen molar-refractivity contribution in [1.29, 1.82) is 0 Å². The first kappa shape index (κ1) is 11.1. The average molecular weight is 245 g/mol. The monoisotopic (exact) mass is 245 g/mol. The van der Waals surface area contributed by atoms with E-state index in [-0.39, 0.29) is 10.8 Å². The minimum absolute atomic E-state index is 0.0561. The van der Waals surface area contributed by atoms with E-state index in [0.29, 0.717) is 0 Å². The number of H-pyrrole nitrogens is 1. The minimum atomic E-state index is -3.79. The van der Waals surface area contributed by atoms with Crippen LogP contribution in [0.2, 0.25) is 0 Å². The number of carbonyl (C=O) groups is 1. The van der Waals surface area contributed by atoms with Gasteiger partial charge in [0, 0.05) is 6.20 Å². The Labute approximate surface area is 91.9 Å². The zero-order valence-corrected chi connectivity index (χ0v) is 9.07. The summed E-state index contributed by atoms with van der Waals surface area (Å²) in [5.41, 5.74) is 0. The molecular formula is C8H11N3O4S. The van der Waals surface area contributed by atoms with E-state index in [4.69, 9.17) is 5.11 Å². The zero-order chi connectivity index (χ0) is 11.8. The molecule has 1 heterocycles. The summed E-state index contributed by atoms with van der Waals surface area (Å²) in [5.74, 6) is -1.24. The fourth-order valence-electron chi connectivity index (χ4n) is 1.40.